The van der Waals surface area contributed by atoms with Gasteiger partial charge in [-0.15, -0.1) is 5.01 Å². The zero-order chi connectivity index (χ0) is 23.1. The fourth-order valence-electron chi connectivity index (χ4n) is 3.02. The van der Waals surface area contributed by atoms with Crippen LogP contribution in [0, 0.1) is 11.0 Å². The van der Waals surface area contributed by atoms with Crippen LogP contribution in [-0.4, -0.2) is 50.5 Å². The highest BCUT2D eigenvalue weighted by atomic mass is 32.2. The molecule has 0 amide bonds. The summed E-state index contributed by atoms with van der Waals surface area (Å²) in [4.78, 5) is 17.9. The number of esters is 1. The number of rotatable bonds is 8. The van der Waals surface area contributed by atoms with Gasteiger partial charge in [-0.3, -0.25) is 0 Å². The lowest BCUT2D eigenvalue weighted by molar-refractivity contribution is -0.708. The second kappa shape index (κ2) is 10.2. The summed E-state index contributed by atoms with van der Waals surface area (Å²) in [6.07, 6.45) is 4.35. The van der Waals surface area contributed by atoms with Crippen molar-refractivity contribution in [2.75, 3.05) is 26.1 Å². The van der Waals surface area contributed by atoms with Crippen molar-refractivity contribution in [1.29, 1.82) is 0 Å². The summed E-state index contributed by atoms with van der Waals surface area (Å²) in [5.41, 5.74) is 0.987. The monoisotopic (exact) mass is 463 g/mol. The Morgan fingerprint density at radius 2 is 1.78 bits per heavy atom. The van der Waals surface area contributed by atoms with Crippen LogP contribution in [-0.2, 0) is 24.2 Å². The van der Waals surface area contributed by atoms with Crippen molar-refractivity contribution in [1.82, 2.24) is 5.01 Å². The summed E-state index contributed by atoms with van der Waals surface area (Å²) >= 11 is 0. The highest BCUT2D eigenvalue weighted by Crippen LogP contribution is 2.22. The van der Waals surface area contributed by atoms with E-state index < -0.39 is 28.4 Å². The zero-order valence-electron chi connectivity index (χ0n) is 17.3. The second-order valence-electron chi connectivity index (χ2n) is 7.08. The number of hydrazine groups is 1. The summed E-state index contributed by atoms with van der Waals surface area (Å²) in [5.74, 6) is -1.27. The van der Waals surface area contributed by atoms with Crippen molar-refractivity contribution in [2.24, 2.45) is 5.28 Å². The van der Waals surface area contributed by atoms with E-state index in [0.29, 0.717) is 29.2 Å². The van der Waals surface area contributed by atoms with Crippen LogP contribution in [0.1, 0.15) is 24.0 Å². The number of hydrogen-bond acceptors (Lipinski definition) is 7. The van der Waals surface area contributed by atoms with Crippen molar-refractivity contribution >= 4 is 27.5 Å². The molecule has 32 heavy (non-hydrogen) atoms. The van der Waals surface area contributed by atoms with Gasteiger partial charge in [-0.25, -0.2) is 17.6 Å². The van der Waals surface area contributed by atoms with Crippen LogP contribution < -0.4 is 0 Å². The predicted octanol–water partition coefficient (Wildman–Crippen LogP) is 3.18. The molecule has 0 aromatic heterocycles. The molecule has 3 rings (SSSR count). The van der Waals surface area contributed by atoms with Crippen LogP contribution in [0.2, 0.25) is 0 Å². The molecule has 0 aliphatic carbocycles. The number of benzene rings is 2. The number of hydrogen-bond donors (Lipinski definition) is 0. The Bertz CT molecular complexity index is 1110. The first kappa shape index (κ1) is 23.2. The Morgan fingerprint density at radius 3 is 2.38 bits per heavy atom. The minimum atomic E-state index is -3.36. The van der Waals surface area contributed by atoms with Gasteiger partial charge in [0.2, 0.25) is 5.28 Å². The lowest BCUT2D eigenvalue weighted by Gasteiger charge is -2.11. The molecule has 0 radical (unpaired) electrons. The molecule has 170 valence electrons. The topological polar surface area (TPSA) is 111 Å². The van der Waals surface area contributed by atoms with E-state index in [1.165, 1.54) is 59.6 Å². The first-order chi connectivity index (χ1) is 15.2. The van der Waals surface area contributed by atoms with Crippen LogP contribution in [0.25, 0.3) is 11.6 Å². The number of carbonyl (C=O) groups excluding carboxylic acids is 1. The van der Waals surface area contributed by atoms with Crippen LogP contribution in [0.15, 0.2) is 58.7 Å². The first-order valence-corrected chi connectivity index (χ1v) is 11.6. The Morgan fingerprint density at radius 1 is 1.16 bits per heavy atom. The van der Waals surface area contributed by atoms with Gasteiger partial charge in [0, 0.05) is 6.26 Å². The maximum absolute atomic E-state index is 13.3. The summed E-state index contributed by atoms with van der Waals surface area (Å²) < 4.78 is 41.6. The van der Waals surface area contributed by atoms with E-state index in [9.17, 15) is 22.8 Å². The number of carbonyl (C=O) groups is 1. The number of sulfone groups is 1. The summed E-state index contributed by atoms with van der Waals surface area (Å²) in [6, 6.07) is 11.1. The molecule has 0 N–H and O–H groups in total. The number of halogens is 1. The fraction of sp³-hybridized carbons (Fsp3) is 0.286. The Labute approximate surface area is 184 Å². The smallest absolute Gasteiger partial charge is 0.341 e. The predicted molar refractivity (Wildman–Crippen MR) is 113 cm³/mol. The van der Waals surface area contributed by atoms with E-state index in [1.807, 2.05) is 0 Å². The van der Waals surface area contributed by atoms with Crippen molar-refractivity contribution in [3.05, 3.63) is 70.7 Å². The molecule has 1 heterocycles. The minimum Gasteiger partial charge on any atom is -0.569 e. The van der Waals surface area contributed by atoms with Crippen LogP contribution in [0.4, 0.5) is 4.39 Å². The van der Waals surface area contributed by atoms with E-state index in [1.54, 1.807) is 0 Å². The van der Waals surface area contributed by atoms with Crippen LogP contribution in [0.3, 0.4) is 0 Å². The van der Waals surface area contributed by atoms with E-state index >= 15 is 0 Å². The van der Waals surface area contributed by atoms with Gasteiger partial charge >= 0.3 is 5.97 Å². The molecule has 1 aliphatic heterocycles. The minimum absolute atomic E-state index is 0.0826. The quantitative estimate of drug-likeness (QED) is 0.0864. The van der Waals surface area contributed by atoms with E-state index in [2.05, 4.69) is 5.28 Å². The molecule has 2 aromatic carbocycles. The lowest BCUT2D eigenvalue weighted by atomic mass is 10.0. The normalized spacial score (nSPS) is 15.0. The molecule has 1 fully saturated rings. The van der Waals surface area contributed by atoms with Gasteiger partial charge in [0.25, 0.3) is 6.79 Å². The second-order valence-corrected chi connectivity index (χ2v) is 9.10. The average Bonchev–Trinajstić information content (AvgIpc) is 3.30. The average molecular weight is 463 g/mol. The lowest BCUT2D eigenvalue weighted by Crippen LogP contribution is -2.27. The third kappa shape index (κ3) is 6.27. The van der Waals surface area contributed by atoms with Gasteiger partial charge in [-0.2, -0.15) is 0 Å². The van der Waals surface area contributed by atoms with Crippen molar-refractivity contribution in [2.45, 2.75) is 17.7 Å². The molecule has 1 saturated heterocycles. The van der Waals surface area contributed by atoms with Gasteiger partial charge in [0.05, 0.1) is 28.5 Å². The van der Waals surface area contributed by atoms with Crippen molar-refractivity contribution < 1.29 is 32.1 Å². The van der Waals surface area contributed by atoms with Crippen LogP contribution in [0.5, 0.6) is 0 Å². The van der Waals surface area contributed by atoms with E-state index in [4.69, 9.17) is 9.57 Å². The summed E-state index contributed by atoms with van der Waals surface area (Å²) in [7, 11) is -3.36. The maximum atomic E-state index is 13.3. The van der Waals surface area contributed by atoms with Crippen molar-refractivity contribution in [3.63, 3.8) is 0 Å². The Balaban J connectivity index is 1.75. The Kier molecular flexibility index (Phi) is 7.41. The number of nitrogens with zero attached hydrogens (tertiary/aromatic N) is 3. The van der Waals surface area contributed by atoms with E-state index in [-0.39, 0.29) is 10.5 Å². The first-order valence-electron chi connectivity index (χ1n) is 9.74. The molecular weight excluding hydrogens is 441 g/mol. The summed E-state index contributed by atoms with van der Waals surface area (Å²) in [6.45, 7) is 0.550. The van der Waals surface area contributed by atoms with E-state index in [0.717, 1.165) is 19.1 Å². The van der Waals surface area contributed by atoms with Gasteiger partial charge in [0.15, 0.2) is 9.84 Å². The molecule has 0 saturated carbocycles. The largest absolute Gasteiger partial charge is 0.569 e. The molecule has 11 heteroatoms. The number of ether oxygens (including phenoxy) is 1. The standard InChI is InChI=1S/C21H22FN3O6S/c1-32(28,29)19-10-4-16(5-11-19)14-20(17-6-8-18(22)9-7-17)21(26)30-15-31-23-25(27)24-12-2-3-13-24/h4-11,14H,2-3,12-13,15H2,1H3/b20-14+,25-23+. The highest BCUT2D eigenvalue weighted by molar-refractivity contribution is 7.90. The van der Waals surface area contributed by atoms with Gasteiger partial charge in [0.1, 0.15) is 5.82 Å². The molecule has 0 spiro atoms. The van der Waals surface area contributed by atoms with Gasteiger partial charge < -0.3 is 14.8 Å². The fourth-order valence-corrected chi connectivity index (χ4v) is 3.65. The molecule has 0 atom stereocenters. The third-order valence-corrected chi connectivity index (χ3v) is 5.82. The van der Waals surface area contributed by atoms with Crippen molar-refractivity contribution in [3.8, 4) is 0 Å². The van der Waals surface area contributed by atoms with Gasteiger partial charge in [-0.1, -0.05) is 24.3 Å². The molecule has 9 nitrogen and oxygen atoms in total. The highest BCUT2D eigenvalue weighted by Gasteiger charge is 2.19. The molecule has 0 bridgehead atoms. The third-order valence-electron chi connectivity index (χ3n) is 4.69. The molecule has 2 aromatic rings. The maximum Gasteiger partial charge on any atom is 0.341 e. The zero-order valence-corrected chi connectivity index (χ0v) is 18.1. The Hall–Kier alpha value is -3.47. The molecular formula is C21H22FN3O6S. The molecule has 0 unspecified atom stereocenters. The van der Waals surface area contributed by atoms with Crippen LogP contribution >= 0.6 is 0 Å². The SMILES string of the molecule is CS(=O)(=O)c1ccc(/C=C(/C(=O)OCO/N=[N+](/[O-])N2CCCC2)c2ccc(F)cc2)cc1. The summed E-state index contributed by atoms with van der Waals surface area (Å²) in [5, 5.41) is 16.5. The molecule has 1 aliphatic rings. The van der Waals surface area contributed by atoms with Gasteiger partial charge in [-0.05, 0) is 54.3 Å².